The van der Waals surface area contributed by atoms with Crippen LogP contribution in [0.25, 0.3) is 65.3 Å². The first-order chi connectivity index (χ1) is 20.7. The molecule has 8 aromatic rings. The summed E-state index contributed by atoms with van der Waals surface area (Å²) in [7, 11) is -1.72. The molecule has 0 spiro atoms. The van der Waals surface area contributed by atoms with Crippen molar-refractivity contribution in [3.05, 3.63) is 158 Å². The zero-order valence-corrected chi connectivity index (χ0v) is 23.8. The smallest absolute Gasteiger partial charge is 0.136 e. The molecule has 2 heteroatoms. The lowest BCUT2D eigenvalue weighted by Crippen LogP contribution is -2.06. The van der Waals surface area contributed by atoms with Gasteiger partial charge in [0.1, 0.15) is 7.80 Å². The van der Waals surface area contributed by atoms with E-state index in [0.29, 0.717) is 0 Å². The first-order valence-electron chi connectivity index (χ1n) is 14.2. The Hall–Kier alpha value is -5.10. The van der Waals surface area contributed by atoms with Crippen LogP contribution in [0.3, 0.4) is 0 Å². The summed E-state index contributed by atoms with van der Waals surface area (Å²) in [6.07, 6.45) is 0. The summed E-state index contributed by atoms with van der Waals surface area (Å²) < 4.78 is 13.7. The van der Waals surface area contributed by atoms with Gasteiger partial charge in [-0.25, -0.2) is 0 Å². The lowest BCUT2D eigenvalue weighted by atomic mass is 9.92. The SMILES string of the molecule is O=[P](c1ccc(-c2c3ccccc3cc3ccccc23)cc1)c1ccc(-c2c3ccccc3cc3ccccc23)cc1. The molecule has 0 saturated heterocycles. The predicted molar refractivity (Wildman–Crippen MR) is 181 cm³/mol. The maximum absolute atomic E-state index is 13.7. The first kappa shape index (κ1) is 24.7. The van der Waals surface area contributed by atoms with Crippen molar-refractivity contribution >= 4 is 61.5 Å². The zero-order valence-electron chi connectivity index (χ0n) is 22.9. The third-order valence-corrected chi connectivity index (χ3v) is 9.86. The first-order valence-corrected chi connectivity index (χ1v) is 15.5. The second kappa shape index (κ2) is 10.1. The largest absolute Gasteiger partial charge is 0.277 e. The molecule has 0 N–H and O–H groups in total. The van der Waals surface area contributed by atoms with Crippen molar-refractivity contribution in [3.63, 3.8) is 0 Å². The molecule has 0 amide bonds. The van der Waals surface area contributed by atoms with Gasteiger partial charge in [-0.3, -0.25) is 4.57 Å². The Morgan fingerprint density at radius 1 is 0.333 bits per heavy atom. The fraction of sp³-hybridized carbons (Fsp3) is 0. The van der Waals surface area contributed by atoms with Gasteiger partial charge in [-0.1, -0.05) is 121 Å². The predicted octanol–water partition coefficient (Wildman–Crippen LogP) is 10.4. The highest BCUT2D eigenvalue weighted by Crippen LogP contribution is 2.38. The molecule has 0 unspecified atom stereocenters. The maximum Gasteiger partial charge on any atom is 0.136 e. The van der Waals surface area contributed by atoms with E-state index < -0.39 is 7.80 Å². The fourth-order valence-electron chi connectivity index (χ4n) is 6.33. The second-order valence-corrected chi connectivity index (χ2v) is 12.4. The third-order valence-electron chi connectivity index (χ3n) is 8.32. The molecule has 8 rings (SSSR count). The van der Waals surface area contributed by atoms with Crippen molar-refractivity contribution < 1.29 is 4.57 Å². The normalized spacial score (nSPS) is 11.4. The van der Waals surface area contributed by atoms with Gasteiger partial charge >= 0.3 is 0 Å². The van der Waals surface area contributed by atoms with E-state index in [4.69, 9.17) is 0 Å². The van der Waals surface area contributed by atoms with Gasteiger partial charge in [0, 0.05) is 10.6 Å². The molecule has 42 heavy (non-hydrogen) atoms. The summed E-state index contributed by atoms with van der Waals surface area (Å²) >= 11 is 0. The standard InChI is InChI=1S/C40H26OP/c41-42(33-21-17-27(18-22-33)39-35-13-5-1-9-29(35)25-30-10-2-6-14-36(30)39)34-23-19-28(20-24-34)40-37-15-7-3-11-31(37)26-32-12-4-8-16-38(32)40/h1-26H. The monoisotopic (exact) mass is 553 g/mol. The van der Waals surface area contributed by atoms with Crippen LogP contribution < -0.4 is 10.6 Å². The second-order valence-electron chi connectivity index (χ2n) is 10.8. The van der Waals surface area contributed by atoms with Gasteiger partial charge in [0.25, 0.3) is 0 Å². The minimum absolute atomic E-state index is 0.835. The molecule has 197 valence electrons. The van der Waals surface area contributed by atoms with E-state index in [1.54, 1.807) is 0 Å². The van der Waals surface area contributed by atoms with Crippen LogP contribution in [0.5, 0.6) is 0 Å². The van der Waals surface area contributed by atoms with Crippen molar-refractivity contribution in [3.8, 4) is 22.3 Å². The fourth-order valence-corrected chi connectivity index (χ4v) is 7.46. The van der Waals surface area contributed by atoms with Crippen LogP contribution in [0.4, 0.5) is 0 Å². The van der Waals surface area contributed by atoms with Crippen LogP contribution in [0.2, 0.25) is 0 Å². The van der Waals surface area contributed by atoms with E-state index >= 15 is 0 Å². The average molecular weight is 554 g/mol. The Labute approximate surface area is 245 Å². The van der Waals surface area contributed by atoms with Crippen LogP contribution >= 0.6 is 7.80 Å². The Bertz CT molecular complexity index is 2030. The number of rotatable bonds is 4. The number of benzene rings is 8. The molecule has 1 nitrogen and oxygen atoms in total. The van der Waals surface area contributed by atoms with Gasteiger partial charge in [0.15, 0.2) is 0 Å². The Morgan fingerprint density at radius 2 is 0.619 bits per heavy atom. The molecule has 0 fully saturated rings. The molecule has 0 atom stereocenters. The van der Waals surface area contributed by atoms with Gasteiger partial charge in [-0.05, 0) is 102 Å². The molecule has 0 aromatic heterocycles. The van der Waals surface area contributed by atoms with Crippen molar-refractivity contribution in [1.82, 2.24) is 0 Å². The van der Waals surface area contributed by atoms with Crippen LogP contribution in [0.1, 0.15) is 0 Å². The van der Waals surface area contributed by atoms with E-state index in [1.807, 2.05) is 24.3 Å². The highest BCUT2D eigenvalue weighted by atomic mass is 31.1. The zero-order chi connectivity index (χ0) is 28.0. The molecule has 0 saturated carbocycles. The summed E-state index contributed by atoms with van der Waals surface area (Å²) in [4.78, 5) is 0. The molecule has 0 aliphatic carbocycles. The molecular formula is C40H26OP. The molecule has 1 radical (unpaired) electrons. The Morgan fingerprint density at radius 3 is 0.929 bits per heavy atom. The lowest BCUT2D eigenvalue weighted by Gasteiger charge is -2.13. The van der Waals surface area contributed by atoms with Gasteiger partial charge in [-0.15, -0.1) is 0 Å². The molecule has 0 heterocycles. The van der Waals surface area contributed by atoms with Gasteiger partial charge in [-0.2, -0.15) is 0 Å². The van der Waals surface area contributed by atoms with E-state index in [1.165, 1.54) is 54.2 Å². The quantitative estimate of drug-likeness (QED) is 0.157. The van der Waals surface area contributed by atoms with E-state index in [2.05, 4.69) is 133 Å². The highest BCUT2D eigenvalue weighted by Gasteiger charge is 2.14. The van der Waals surface area contributed by atoms with Crippen LogP contribution in [0, 0.1) is 0 Å². The summed E-state index contributed by atoms with van der Waals surface area (Å²) in [5.74, 6) is 0. The topological polar surface area (TPSA) is 17.1 Å². The summed E-state index contributed by atoms with van der Waals surface area (Å²) in [6, 6.07) is 55.2. The molecule has 0 aliphatic heterocycles. The van der Waals surface area contributed by atoms with Crippen LogP contribution in [-0.2, 0) is 4.57 Å². The highest BCUT2D eigenvalue weighted by molar-refractivity contribution is 7.61. The minimum atomic E-state index is -1.72. The van der Waals surface area contributed by atoms with Crippen molar-refractivity contribution in [2.45, 2.75) is 0 Å². The summed E-state index contributed by atoms with van der Waals surface area (Å²) in [6.45, 7) is 0. The van der Waals surface area contributed by atoms with Crippen molar-refractivity contribution in [1.29, 1.82) is 0 Å². The molecule has 0 aliphatic rings. The maximum atomic E-state index is 13.7. The number of hydrogen-bond donors (Lipinski definition) is 0. The Balaban J connectivity index is 1.16. The van der Waals surface area contributed by atoms with Gasteiger partial charge in [0.2, 0.25) is 0 Å². The molecule has 8 aromatic carbocycles. The number of hydrogen-bond acceptors (Lipinski definition) is 1. The van der Waals surface area contributed by atoms with E-state index in [9.17, 15) is 4.57 Å². The van der Waals surface area contributed by atoms with Gasteiger partial charge < -0.3 is 0 Å². The Kier molecular flexibility index (Phi) is 5.92. The van der Waals surface area contributed by atoms with Gasteiger partial charge in [0.05, 0.1) is 0 Å². The average Bonchev–Trinajstić information content (AvgIpc) is 3.06. The molecule has 0 bridgehead atoms. The minimum Gasteiger partial charge on any atom is -0.277 e. The van der Waals surface area contributed by atoms with Crippen molar-refractivity contribution in [2.75, 3.05) is 0 Å². The van der Waals surface area contributed by atoms with Crippen LogP contribution in [0.15, 0.2) is 158 Å². The van der Waals surface area contributed by atoms with E-state index in [-0.39, 0.29) is 0 Å². The lowest BCUT2D eigenvalue weighted by molar-refractivity contribution is 0.598. The van der Waals surface area contributed by atoms with Crippen LogP contribution in [-0.4, -0.2) is 0 Å². The third kappa shape index (κ3) is 4.10. The molecular weight excluding hydrogens is 527 g/mol. The summed E-state index contributed by atoms with van der Waals surface area (Å²) in [5.41, 5.74) is 4.70. The van der Waals surface area contributed by atoms with Crippen molar-refractivity contribution in [2.24, 2.45) is 0 Å². The number of fused-ring (bicyclic) bond motifs is 4. The van der Waals surface area contributed by atoms with E-state index in [0.717, 1.165) is 21.7 Å². The summed E-state index contributed by atoms with van der Waals surface area (Å²) in [5, 5.41) is 11.5.